The molecule has 0 radical (unpaired) electrons. The van der Waals surface area contributed by atoms with E-state index in [4.69, 9.17) is 14.7 Å². The highest BCUT2D eigenvalue weighted by Gasteiger charge is 2.24. The van der Waals surface area contributed by atoms with E-state index < -0.39 is 0 Å². The van der Waals surface area contributed by atoms with Crippen molar-refractivity contribution in [1.82, 2.24) is 4.90 Å². The Bertz CT molecular complexity index is 465. The summed E-state index contributed by atoms with van der Waals surface area (Å²) in [5, 5.41) is 9.03. The fraction of sp³-hybridized carbons (Fsp3) is 0.462. The van der Waals surface area contributed by atoms with Crippen LogP contribution in [0.15, 0.2) is 12.1 Å². The van der Waals surface area contributed by atoms with Crippen molar-refractivity contribution in [1.29, 1.82) is 5.26 Å². The van der Waals surface area contributed by atoms with Crippen LogP contribution in [0.1, 0.15) is 24.1 Å². The summed E-state index contributed by atoms with van der Waals surface area (Å²) in [5.74, 6) is 1.47. The minimum atomic E-state index is 0.101. The number of ether oxygens (including phenoxy) is 2. The third-order valence-electron chi connectivity index (χ3n) is 3.31. The summed E-state index contributed by atoms with van der Waals surface area (Å²) in [6, 6.07) is 4.09. The fourth-order valence-corrected chi connectivity index (χ4v) is 2.28. The van der Waals surface area contributed by atoms with Gasteiger partial charge in [-0.1, -0.05) is 0 Å². The Hall–Kier alpha value is -1.89. The first-order valence-corrected chi connectivity index (χ1v) is 5.62. The van der Waals surface area contributed by atoms with Crippen molar-refractivity contribution < 1.29 is 9.47 Å². The second-order valence-corrected chi connectivity index (χ2v) is 4.13. The minimum absolute atomic E-state index is 0.101. The average molecular weight is 232 g/mol. The topological polar surface area (TPSA) is 45.5 Å². The van der Waals surface area contributed by atoms with Gasteiger partial charge in [-0.3, -0.25) is 0 Å². The third-order valence-corrected chi connectivity index (χ3v) is 3.31. The van der Waals surface area contributed by atoms with Crippen molar-refractivity contribution in [2.45, 2.75) is 19.4 Å². The van der Waals surface area contributed by atoms with E-state index in [0.717, 1.165) is 30.0 Å². The van der Waals surface area contributed by atoms with E-state index in [1.165, 1.54) is 5.56 Å². The zero-order valence-electron chi connectivity index (χ0n) is 10.4. The van der Waals surface area contributed by atoms with Crippen LogP contribution < -0.4 is 9.47 Å². The van der Waals surface area contributed by atoms with E-state index in [9.17, 15) is 0 Å². The Morgan fingerprint density at radius 1 is 1.29 bits per heavy atom. The highest BCUT2D eigenvalue weighted by atomic mass is 16.5. The van der Waals surface area contributed by atoms with Crippen molar-refractivity contribution in [3.63, 3.8) is 0 Å². The lowest BCUT2D eigenvalue weighted by atomic mass is 9.93. The molecule has 0 saturated carbocycles. The van der Waals surface area contributed by atoms with E-state index >= 15 is 0 Å². The van der Waals surface area contributed by atoms with Crippen LogP contribution >= 0.6 is 0 Å². The molecule has 1 aromatic rings. The van der Waals surface area contributed by atoms with Gasteiger partial charge in [0.15, 0.2) is 17.7 Å². The molecule has 4 heteroatoms. The molecule has 1 atom stereocenters. The highest BCUT2D eigenvalue weighted by molar-refractivity contribution is 5.49. The van der Waals surface area contributed by atoms with Crippen molar-refractivity contribution >= 4 is 0 Å². The standard InChI is InChI=1S/C13H16N2O2/c1-9-11-7-13(17-3)12(16-2)6-10(11)4-5-15(9)8-14/h6-7,9H,4-5H2,1-3H3/t9-/m0/s1. The molecule has 0 aliphatic carbocycles. The molecule has 0 amide bonds. The Morgan fingerprint density at radius 3 is 2.53 bits per heavy atom. The van der Waals surface area contributed by atoms with Crippen molar-refractivity contribution in [2.75, 3.05) is 20.8 Å². The first kappa shape index (κ1) is 11.6. The predicted octanol–water partition coefficient (Wildman–Crippen LogP) is 2.10. The lowest BCUT2D eigenvalue weighted by molar-refractivity contribution is 0.292. The fourth-order valence-electron chi connectivity index (χ4n) is 2.28. The first-order valence-electron chi connectivity index (χ1n) is 5.62. The van der Waals surface area contributed by atoms with E-state index in [2.05, 4.69) is 6.19 Å². The maximum Gasteiger partial charge on any atom is 0.179 e. The zero-order chi connectivity index (χ0) is 12.4. The molecule has 0 fully saturated rings. The molecule has 0 saturated heterocycles. The molecule has 1 aliphatic heterocycles. The molecule has 1 aliphatic rings. The zero-order valence-corrected chi connectivity index (χ0v) is 10.4. The number of methoxy groups -OCH3 is 2. The molecule has 1 aromatic carbocycles. The van der Waals surface area contributed by atoms with Crippen LogP contribution in [0, 0.1) is 11.5 Å². The van der Waals surface area contributed by atoms with E-state index in [1.54, 1.807) is 19.1 Å². The van der Waals surface area contributed by atoms with Gasteiger partial charge in [-0.25, -0.2) is 0 Å². The van der Waals surface area contributed by atoms with Crippen molar-refractivity contribution in [3.05, 3.63) is 23.3 Å². The van der Waals surface area contributed by atoms with Crippen LogP contribution in [0.2, 0.25) is 0 Å². The SMILES string of the molecule is COc1cc2c(cc1OC)[C@H](C)N(C#N)CC2. The summed E-state index contributed by atoms with van der Waals surface area (Å²) in [6.45, 7) is 2.80. The van der Waals surface area contributed by atoms with Gasteiger partial charge in [0, 0.05) is 6.54 Å². The van der Waals surface area contributed by atoms with Gasteiger partial charge in [-0.2, -0.15) is 5.26 Å². The number of benzene rings is 1. The lowest BCUT2D eigenvalue weighted by Crippen LogP contribution is -2.29. The Labute approximate surface area is 101 Å². The number of fused-ring (bicyclic) bond motifs is 1. The maximum atomic E-state index is 9.03. The van der Waals surface area contributed by atoms with E-state index in [0.29, 0.717) is 0 Å². The number of nitrogens with zero attached hydrogens (tertiary/aromatic N) is 2. The molecular weight excluding hydrogens is 216 g/mol. The lowest BCUT2D eigenvalue weighted by Gasteiger charge is -2.31. The van der Waals surface area contributed by atoms with Gasteiger partial charge in [0.25, 0.3) is 0 Å². The normalized spacial score (nSPS) is 18.2. The van der Waals surface area contributed by atoms with E-state index in [-0.39, 0.29) is 6.04 Å². The Balaban J connectivity index is 2.47. The van der Waals surface area contributed by atoms with E-state index in [1.807, 2.05) is 19.1 Å². The quantitative estimate of drug-likeness (QED) is 0.732. The minimum Gasteiger partial charge on any atom is -0.493 e. The van der Waals surface area contributed by atoms with Gasteiger partial charge in [-0.05, 0) is 36.6 Å². The monoisotopic (exact) mass is 232 g/mol. The van der Waals surface area contributed by atoms with Crippen LogP contribution in [-0.2, 0) is 6.42 Å². The molecule has 0 aromatic heterocycles. The molecule has 4 nitrogen and oxygen atoms in total. The molecule has 0 spiro atoms. The molecule has 2 rings (SSSR count). The molecular formula is C13H16N2O2. The summed E-state index contributed by atoms with van der Waals surface area (Å²) in [6.07, 6.45) is 3.09. The van der Waals surface area contributed by atoms with Gasteiger partial charge in [-0.15, -0.1) is 0 Å². The summed E-state index contributed by atoms with van der Waals surface area (Å²) in [5.41, 5.74) is 2.39. The molecule has 0 N–H and O–H groups in total. The van der Waals surface area contributed by atoms with Gasteiger partial charge in [0.05, 0.1) is 20.3 Å². The number of nitriles is 1. The second-order valence-electron chi connectivity index (χ2n) is 4.13. The average Bonchev–Trinajstić information content (AvgIpc) is 2.38. The smallest absolute Gasteiger partial charge is 0.179 e. The van der Waals surface area contributed by atoms with Crippen molar-refractivity contribution in [2.24, 2.45) is 0 Å². The Morgan fingerprint density at radius 2 is 1.94 bits per heavy atom. The molecule has 0 bridgehead atoms. The van der Waals surface area contributed by atoms with Crippen LogP contribution in [0.3, 0.4) is 0 Å². The van der Waals surface area contributed by atoms with Gasteiger partial charge < -0.3 is 14.4 Å². The van der Waals surface area contributed by atoms with Gasteiger partial charge in [0.1, 0.15) is 0 Å². The third kappa shape index (κ3) is 1.89. The van der Waals surface area contributed by atoms with Crippen LogP contribution in [0.4, 0.5) is 0 Å². The highest BCUT2D eigenvalue weighted by Crippen LogP contribution is 2.37. The largest absolute Gasteiger partial charge is 0.493 e. The number of hydrogen-bond acceptors (Lipinski definition) is 4. The summed E-state index contributed by atoms with van der Waals surface area (Å²) in [7, 11) is 3.26. The second kappa shape index (κ2) is 4.54. The molecule has 90 valence electrons. The molecule has 1 heterocycles. The molecule has 17 heavy (non-hydrogen) atoms. The van der Waals surface area contributed by atoms with Crippen molar-refractivity contribution in [3.8, 4) is 17.7 Å². The summed E-state index contributed by atoms with van der Waals surface area (Å²) < 4.78 is 10.6. The van der Waals surface area contributed by atoms with Crippen LogP contribution in [0.25, 0.3) is 0 Å². The number of rotatable bonds is 2. The van der Waals surface area contributed by atoms with Crippen LogP contribution in [-0.4, -0.2) is 25.7 Å². The predicted molar refractivity (Wildman–Crippen MR) is 64.0 cm³/mol. The van der Waals surface area contributed by atoms with Crippen LogP contribution in [0.5, 0.6) is 11.5 Å². The molecule has 0 unspecified atom stereocenters. The summed E-state index contributed by atoms with van der Waals surface area (Å²) >= 11 is 0. The Kier molecular flexibility index (Phi) is 3.10. The first-order chi connectivity index (χ1) is 8.21. The number of hydrogen-bond donors (Lipinski definition) is 0. The van der Waals surface area contributed by atoms with Gasteiger partial charge in [0.2, 0.25) is 0 Å². The maximum absolute atomic E-state index is 9.03. The summed E-state index contributed by atoms with van der Waals surface area (Å²) in [4.78, 5) is 1.79. The van der Waals surface area contributed by atoms with Gasteiger partial charge >= 0.3 is 0 Å².